The molecule has 6 heteroatoms. The van der Waals surface area contributed by atoms with Crippen molar-refractivity contribution in [2.24, 2.45) is 0 Å². The van der Waals surface area contributed by atoms with Crippen molar-refractivity contribution in [1.82, 2.24) is 4.98 Å². The number of hydrogen-bond donors (Lipinski definition) is 2. The zero-order chi connectivity index (χ0) is 16.9. The van der Waals surface area contributed by atoms with E-state index < -0.39 is 0 Å². The monoisotopic (exact) mass is 326 g/mol. The Morgan fingerprint density at radius 1 is 1.29 bits per heavy atom. The predicted molar refractivity (Wildman–Crippen MR) is 95.0 cm³/mol. The van der Waals surface area contributed by atoms with Crippen LogP contribution in [-0.4, -0.2) is 30.6 Å². The lowest BCUT2D eigenvalue weighted by Gasteiger charge is -2.30. The molecule has 1 aromatic carbocycles. The molecule has 0 saturated carbocycles. The number of rotatable bonds is 5. The van der Waals surface area contributed by atoms with Crippen LogP contribution in [0.4, 0.5) is 17.3 Å². The van der Waals surface area contributed by atoms with Gasteiger partial charge in [-0.1, -0.05) is 24.3 Å². The first kappa shape index (κ1) is 16.3. The SMILES string of the molecule is CCOCC(=O)Nc1ccc(N2CCc3ccccc3C2)nc1N. The van der Waals surface area contributed by atoms with Gasteiger partial charge in [-0.2, -0.15) is 0 Å². The molecule has 3 N–H and O–H groups in total. The summed E-state index contributed by atoms with van der Waals surface area (Å²) in [4.78, 5) is 18.4. The number of benzene rings is 1. The number of hydrogen-bond acceptors (Lipinski definition) is 5. The number of anilines is 3. The maximum Gasteiger partial charge on any atom is 0.250 e. The number of nitrogen functional groups attached to an aromatic ring is 1. The largest absolute Gasteiger partial charge is 0.382 e. The highest BCUT2D eigenvalue weighted by atomic mass is 16.5. The van der Waals surface area contributed by atoms with E-state index in [1.165, 1.54) is 11.1 Å². The highest BCUT2D eigenvalue weighted by molar-refractivity contribution is 5.94. The second kappa shape index (κ2) is 7.31. The van der Waals surface area contributed by atoms with Crippen molar-refractivity contribution in [2.45, 2.75) is 19.9 Å². The topological polar surface area (TPSA) is 80.5 Å². The van der Waals surface area contributed by atoms with Crippen molar-refractivity contribution in [3.63, 3.8) is 0 Å². The molecule has 2 heterocycles. The molecule has 0 bridgehead atoms. The van der Waals surface area contributed by atoms with Crippen molar-refractivity contribution in [2.75, 3.05) is 35.7 Å². The Labute approximate surface area is 141 Å². The normalized spacial score (nSPS) is 13.5. The van der Waals surface area contributed by atoms with Crippen molar-refractivity contribution in [1.29, 1.82) is 0 Å². The number of pyridine rings is 1. The van der Waals surface area contributed by atoms with Gasteiger partial charge >= 0.3 is 0 Å². The maximum atomic E-state index is 11.7. The van der Waals surface area contributed by atoms with E-state index in [2.05, 4.69) is 39.5 Å². The Morgan fingerprint density at radius 3 is 2.83 bits per heavy atom. The summed E-state index contributed by atoms with van der Waals surface area (Å²) in [7, 11) is 0. The first-order valence-electron chi connectivity index (χ1n) is 8.13. The maximum absolute atomic E-state index is 11.7. The molecule has 0 atom stereocenters. The Balaban J connectivity index is 1.70. The fourth-order valence-corrected chi connectivity index (χ4v) is 2.82. The third-order valence-electron chi connectivity index (χ3n) is 4.08. The summed E-state index contributed by atoms with van der Waals surface area (Å²) < 4.78 is 5.08. The lowest BCUT2D eigenvalue weighted by molar-refractivity contribution is -0.120. The van der Waals surface area contributed by atoms with Crippen LogP contribution in [0.5, 0.6) is 0 Å². The molecule has 0 spiro atoms. The van der Waals surface area contributed by atoms with Gasteiger partial charge in [0.1, 0.15) is 18.2 Å². The minimum Gasteiger partial charge on any atom is -0.382 e. The molecule has 0 fully saturated rings. The van der Waals surface area contributed by atoms with Gasteiger partial charge in [0.05, 0.1) is 5.69 Å². The smallest absolute Gasteiger partial charge is 0.250 e. The zero-order valence-corrected chi connectivity index (χ0v) is 13.8. The van der Waals surface area contributed by atoms with E-state index in [1.807, 2.05) is 13.0 Å². The standard InChI is InChI=1S/C18H22N4O2/c1-2-24-12-17(23)20-15-7-8-16(21-18(15)19)22-10-9-13-5-3-4-6-14(13)11-22/h3-8H,2,9-12H2,1H3,(H2,19,21)(H,20,23). The Bertz CT molecular complexity index is 733. The van der Waals surface area contributed by atoms with Crippen LogP contribution in [0, 0.1) is 0 Å². The van der Waals surface area contributed by atoms with E-state index in [0.717, 1.165) is 25.3 Å². The molecule has 2 aromatic rings. The van der Waals surface area contributed by atoms with Crippen LogP contribution in [0.1, 0.15) is 18.1 Å². The first-order chi connectivity index (χ1) is 11.7. The van der Waals surface area contributed by atoms with Crippen LogP contribution in [0.3, 0.4) is 0 Å². The number of carbonyl (C=O) groups excluding carboxylic acids is 1. The van der Waals surface area contributed by atoms with Crippen LogP contribution in [0.15, 0.2) is 36.4 Å². The number of ether oxygens (including phenoxy) is 1. The third kappa shape index (κ3) is 3.65. The molecule has 24 heavy (non-hydrogen) atoms. The first-order valence-corrected chi connectivity index (χ1v) is 8.13. The van der Waals surface area contributed by atoms with E-state index in [4.69, 9.17) is 10.5 Å². The summed E-state index contributed by atoms with van der Waals surface area (Å²) in [5.74, 6) is 0.908. The number of nitrogens with one attached hydrogen (secondary N) is 1. The van der Waals surface area contributed by atoms with Crippen LogP contribution < -0.4 is 16.0 Å². The summed E-state index contributed by atoms with van der Waals surface area (Å²) in [6.07, 6.45) is 0.991. The quantitative estimate of drug-likeness (QED) is 0.880. The second-order valence-electron chi connectivity index (χ2n) is 5.73. The molecule has 3 rings (SSSR count). The predicted octanol–water partition coefficient (Wildman–Crippen LogP) is 2.20. The highest BCUT2D eigenvalue weighted by Gasteiger charge is 2.18. The number of aromatic nitrogens is 1. The van der Waals surface area contributed by atoms with Crippen molar-refractivity contribution >= 4 is 23.2 Å². The molecule has 6 nitrogen and oxygen atoms in total. The Hall–Kier alpha value is -2.60. The summed E-state index contributed by atoms with van der Waals surface area (Å²) >= 11 is 0. The van der Waals surface area contributed by atoms with Crippen LogP contribution >= 0.6 is 0 Å². The minimum absolute atomic E-state index is 0.0145. The fraction of sp³-hybridized carbons (Fsp3) is 0.333. The third-order valence-corrected chi connectivity index (χ3v) is 4.08. The van der Waals surface area contributed by atoms with Gasteiger partial charge in [-0.25, -0.2) is 4.98 Å². The highest BCUT2D eigenvalue weighted by Crippen LogP contribution is 2.26. The molecule has 1 aliphatic heterocycles. The van der Waals surface area contributed by atoms with Gasteiger partial charge < -0.3 is 20.7 Å². The number of fused-ring (bicyclic) bond motifs is 1. The second-order valence-corrected chi connectivity index (χ2v) is 5.73. The fourth-order valence-electron chi connectivity index (χ4n) is 2.82. The average molecular weight is 326 g/mol. The van der Waals surface area contributed by atoms with Crippen molar-refractivity contribution in [3.8, 4) is 0 Å². The summed E-state index contributed by atoms with van der Waals surface area (Å²) in [5.41, 5.74) is 9.23. The molecule has 1 aromatic heterocycles. The minimum atomic E-state index is -0.231. The van der Waals surface area contributed by atoms with E-state index in [1.54, 1.807) is 6.07 Å². The van der Waals surface area contributed by atoms with Gasteiger partial charge in [-0.3, -0.25) is 4.79 Å². The molecular formula is C18H22N4O2. The molecule has 0 unspecified atom stereocenters. The van der Waals surface area contributed by atoms with Gasteiger partial charge in [-0.05, 0) is 36.6 Å². The molecule has 1 aliphatic rings. The van der Waals surface area contributed by atoms with Gasteiger partial charge in [0.25, 0.3) is 0 Å². The Kier molecular flexibility index (Phi) is 4.96. The molecule has 126 valence electrons. The molecule has 1 amide bonds. The molecule has 0 radical (unpaired) electrons. The van der Waals surface area contributed by atoms with Gasteiger partial charge in [0.2, 0.25) is 5.91 Å². The van der Waals surface area contributed by atoms with Crippen LogP contribution in [0.25, 0.3) is 0 Å². The number of nitrogens with zero attached hydrogens (tertiary/aromatic N) is 2. The lowest BCUT2D eigenvalue weighted by atomic mass is 10.00. The zero-order valence-electron chi connectivity index (χ0n) is 13.8. The Morgan fingerprint density at radius 2 is 2.08 bits per heavy atom. The molecular weight excluding hydrogens is 304 g/mol. The van der Waals surface area contributed by atoms with Gasteiger partial charge in [0, 0.05) is 19.7 Å². The van der Waals surface area contributed by atoms with Crippen LogP contribution in [-0.2, 0) is 22.5 Å². The van der Waals surface area contributed by atoms with Crippen molar-refractivity contribution in [3.05, 3.63) is 47.5 Å². The molecule has 0 saturated heterocycles. The van der Waals surface area contributed by atoms with Gasteiger partial charge in [0.15, 0.2) is 0 Å². The molecule has 0 aliphatic carbocycles. The summed E-state index contributed by atoms with van der Waals surface area (Å²) in [6.45, 7) is 4.07. The van der Waals surface area contributed by atoms with E-state index >= 15 is 0 Å². The van der Waals surface area contributed by atoms with E-state index in [9.17, 15) is 4.79 Å². The number of nitrogens with two attached hydrogens (primary N) is 1. The lowest BCUT2D eigenvalue weighted by Crippen LogP contribution is -2.31. The average Bonchev–Trinajstić information content (AvgIpc) is 2.61. The van der Waals surface area contributed by atoms with Crippen molar-refractivity contribution < 1.29 is 9.53 Å². The number of amides is 1. The summed E-state index contributed by atoms with van der Waals surface area (Å²) in [5, 5.41) is 2.72. The van der Waals surface area contributed by atoms with Crippen LogP contribution in [0.2, 0.25) is 0 Å². The van der Waals surface area contributed by atoms with Gasteiger partial charge in [-0.15, -0.1) is 0 Å². The number of carbonyl (C=O) groups is 1. The van der Waals surface area contributed by atoms with E-state index in [0.29, 0.717) is 18.1 Å². The summed E-state index contributed by atoms with van der Waals surface area (Å²) in [6, 6.07) is 12.1. The van der Waals surface area contributed by atoms with E-state index in [-0.39, 0.29) is 12.5 Å².